The molecule has 0 saturated carbocycles. The van der Waals surface area contributed by atoms with Crippen LogP contribution in [0.1, 0.15) is 0 Å². The summed E-state index contributed by atoms with van der Waals surface area (Å²) in [6.07, 6.45) is 0. The Labute approximate surface area is 738 Å². The van der Waals surface area contributed by atoms with Crippen molar-refractivity contribution in [1.82, 2.24) is 43.6 Å². The van der Waals surface area contributed by atoms with Crippen molar-refractivity contribution in [3.63, 3.8) is 0 Å². The minimum absolute atomic E-state index is 0.526. The van der Waals surface area contributed by atoms with Crippen molar-refractivity contribution in [2.75, 3.05) is 0 Å². The van der Waals surface area contributed by atoms with Gasteiger partial charge in [0.05, 0.1) is 71.7 Å². The molecule has 0 amide bonds. The lowest BCUT2D eigenvalue weighted by atomic mass is 10.0. The second kappa shape index (κ2) is 27.8. The van der Waals surface area contributed by atoms with Gasteiger partial charge in [-0.15, -0.1) is 22.7 Å². The van der Waals surface area contributed by atoms with E-state index in [-0.39, 0.29) is 0 Å². The van der Waals surface area contributed by atoms with Crippen LogP contribution in [0.15, 0.2) is 400 Å². The summed E-state index contributed by atoms with van der Waals surface area (Å²) < 4.78 is 36.3. The van der Waals surface area contributed by atoms with Gasteiger partial charge in [0.1, 0.15) is 38.3 Å². The third-order valence-corrected chi connectivity index (χ3v) is 28.1. The summed E-state index contributed by atoms with van der Waals surface area (Å²) in [5.74, 6) is 1.83. The molecule has 0 N–H and O–H groups in total. The summed E-state index contributed by atoms with van der Waals surface area (Å²) in [7, 11) is 0. The fourth-order valence-corrected chi connectivity index (χ4v) is 22.6. The molecule has 600 valence electrons. The van der Waals surface area contributed by atoms with Crippen molar-refractivity contribution < 1.29 is 17.7 Å². The first-order valence-corrected chi connectivity index (χ1v) is 44.7. The standard InChI is InChI=1S/C38H21N3O2.2C38H21N3OS/c1-2-11-23(12-3-1)34-33-32-31(21-20-28-26-15-7-9-17-30(26)42-36(28)32)43-37(33)40-38(39-34)41-29-16-8-6-14-25(29)27-19-18-22-10-4-5-13-24(22)35(27)41;1-2-11-23(12-3-1)35-34-33-30(21-19-26-25-14-7-9-17-31(25)43-36(26)33)42-37(34)40-38(39-35)41-28-16-8-6-15-27(28)32-24-13-5-4-10-22(24)18-20-29(32)41;1-2-10-22(11-3-1)35-34-33-32(19-18-27-26-15-7-9-17-31(26)42-36(27)33)43-37(34)40-38(39-35)41-29-16-8-6-14-25(29)28-20-23-12-4-5-13-24(23)21-30(28)41/h3*1-21H. The van der Waals surface area contributed by atoms with Crippen molar-refractivity contribution in [2.45, 2.75) is 0 Å². The molecule has 0 aliphatic rings. The van der Waals surface area contributed by atoms with Crippen LogP contribution < -0.4 is 0 Å². The van der Waals surface area contributed by atoms with Gasteiger partial charge in [0, 0.05) is 112 Å². The number of rotatable bonds is 6. The average molecular weight is 1690 g/mol. The van der Waals surface area contributed by atoms with Crippen LogP contribution in [0.5, 0.6) is 0 Å². The van der Waals surface area contributed by atoms with E-state index in [0.29, 0.717) is 29.3 Å². The lowest BCUT2D eigenvalue weighted by molar-refractivity contribution is 0.649. The zero-order valence-corrected chi connectivity index (χ0v) is 70.0. The number of benzene rings is 18. The highest BCUT2D eigenvalue weighted by molar-refractivity contribution is 7.27. The molecule has 0 unspecified atom stereocenters. The third-order valence-electron chi connectivity index (χ3n) is 25.9. The molecular formula is C114H63N9O4S2. The van der Waals surface area contributed by atoms with Crippen molar-refractivity contribution >= 4 is 249 Å². The summed E-state index contributed by atoms with van der Waals surface area (Å²) in [4.78, 5) is 32.7. The summed E-state index contributed by atoms with van der Waals surface area (Å²) in [5.41, 5.74) is 18.2. The number of furan rings is 4. The Bertz CT molecular complexity index is 9750. The zero-order chi connectivity index (χ0) is 84.2. The molecule has 12 aromatic heterocycles. The zero-order valence-electron chi connectivity index (χ0n) is 68.3. The Kier molecular flexibility index (Phi) is 15.4. The topological polar surface area (TPSA) is 145 Å². The molecule has 0 fully saturated rings. The van der Waals surface area contributed by atoms with Crippen LogP contribution in [0, 0.1) is 0 Å². The molecular weight excluding hydrogens is 1620 g/mol. The number of hydrogen-bond donors (Lipinski definition) is 0. The van der Waals surface area contributed by atoms with E-state index < -0.39 is 0 Å². The Morgan fingerprint density at radius 3 is 1.30 bits per heavy atom. The lowest BCUT2D eigenvalue weighted by Gasteiger charge is -2.11. The molecule has 0 aliphatic carbocycles. The highest BCUT2D eigenvalue weighted by Crippen LogP contribution is 2.50. The SMILES string of the molecule is c1ccc(-c2nc(-n3c4ccccc4c4c5ccccc5ccc43)nc3oc4ccc5c6ccccc6sc5c4c23)cc1.c1ccc(-c2nc(-n3c4ccccc4c4cc5ccccc5cc43)nc3sc4ccc5c6ccccc6oc5c4c23)cc1.c1ccc(-c2nc(-n3c4ccccc4c4ccc5ccccc5c43)nc3oc4ccc5c6ccccc6oc5c4c23)cc1. The number of fused-ring (bicyclic) bond motifs is 35. The maximum Gasteiger partial charge on any atom is 0.238 e. The maximum absolute atomic E-state index is 6.59. The van der Waals surface area contributed by atoms with Crippen molar-refractivity contribution in [3.8, 4) is 51.6 Å². The molecule has 0 bridgehead atoms. The molecule has 0 saturated heterocycles. The minimum atomic E-state index is 0.526. The predicted octanol–water partition coefficient (Wildman–Crippen LogP) is 31.5. The number of aromatic nitrogens is 9. The fourth-order valence-electron chi connectivity index (χ4n) is 20.3. The number of nitrogens with zero attached hydrogens (tertiary/aromatic N) is 9. The van der Waals surface area contributed by atoms with Gasteiger partial charge in [0.2, 0.25) is 29.3 Å². The second-order valence-corrected chi connectivity index (χ2v) is 35.0. The van der Waals surface area contributed by atoms with E-state index in [1.165, 1.54) is 68.6 Å². The van der Waals surface area contributed by atoms with Crippen molar-refractivity contribution in [2.24, 2.45) is 0 Å². The summed E-state index contributed by atoms with van der Waals surface area (Å²) >= 11 is 3.50. The Morgan fingerprint density at radius 2 is 0.651 bits per heavy atom. The Hall–Kier alpha value is -17.0. The van der Waals surface area contributed by atoms with E-state index in [1.54, 1.807) is 22.7 Å². The van der Waals surface area contributed by atoms with Gasteiger partial charge in [-0.05, 0) is 118 Å². The molecule has 18 aromatic carbocycles. The van der Waals surface area contributed by atoms with E-state index in [9.17, 15) is 0 Å². The number of hydrogen-bond acceptors (Lipinski definition) is 12. The molecule has 0 spiro atoms. The van der Waals surface area contributed by atoms with Crippen molar-refractivity contribution in [1.29, 1.82) is 0 Å². The predicted molar refractivity (Wildman–Crippen MR) is 533 cm³/mol. The normalized spacial score (nSPS) is 12.2. The first-order chi connectivity index (χ1) is 64.0. The summed E-state index contributed by atoms with van der Waals surface area (Å²) in [6.45, 7) is 0. The van der Waals surface area contributed by atoms with Gasteiger partial charge in [0.15, 0.2) is 0 Å². The van der Waals surface area contributed by atoms with Crippen LogP contribution in [0.25, 0.3) is 278 Å². The van der Waals surface area contributed by atoms with Crippen LogP contribution in [0.2, 0.25) is 0 Å². The molecule has 30 rings (SSSR count). The van der Waals surface area contributed by atoms with Gasteiger partial charge in [-0.2, -0.15) is 9.97 Å². The third kappa shape index (κ3) is 10.7. The molecule has 0 radical (unpaired) electrons. The van der Waals surface area contributed by atoms with E-state index in [4.69, 9.17) is 47.6 Å². The van der Waals surface area contributed by atoms with Gasteiger partial charge in [0.25, 0.3) is 0 Å². The van der Waals surface area contributed by atoms with Crippen molar-refractivity contribution in [3.05, 3.63) is 382 Å². The minimum Gasteiger partial charge on any atom is -0.455 e. The van der Waals surface area contributed by atoms with Gasteiger partial charge >= 0.3 is 0 Å². The molecule has 15 heteroatoms. The van der Waals surface area contributed by atoms with Crippen LogP contribution in [0.3, 0.4) is 0 Å². The quantitative estimate of drug-likeness (QED) is 0.158. The molecule has 129 heavy (non-hydrogen) atoms. The van der Waals surface area contributed by atoms with Gasteiger partial charge in [-0.25, -0.2) is 19.9 Å². The Balaban J connectivity index is 0.0000000976. The average Bonchev–Trinajstić information content (AvgIpc) is 1.12. The maximum atomic E-state index is 6.59. The largest absolute Gasteiger partial charge is 0.455 e. The highest BCUT2D eigenvalue weighted by atomic mass is 32.1. The van der Waals surface area contributed by atoms with Crippen LogP contribution in [0.4, 0.5) is 0 Å². The van der Waals surface area contributed by atoms with Crippen LogP contribution in [-0.4, -0.2) is 43.6 Å². The smallest absolute Gasteiger partial charge is 0.238 e. The highest BCUT2D eigenvalue weighted by Gasteiger charge is 2.30. The first-order valence-electron chi connectivity index (χ1n) is 43.0. The van der Waals surface area contributed by atoms with Gasteiger partial charge in [-0.1, -0.05) is 291 Å². The van der Waals surface area contributed by atoms with E-state index >= 15 is 0 Å². The first kappa shape index (κ1) is 71.4. The van der Waals surface area contributed by atoms with Gasteiger partial charge < -0.3 is 17.7 Å². The van der Waals surface area contributed by atoms with Gasteiger partial charge in [-0.3, -0.25) is 13.7 Å². The van der Waals surface area contributed by atoms with Crippen LogP contribution in [-0.2, 0) is 0 Å². The molecule has 0 aliphatic heterocycles. The summed E-state index contributed by atoms with van der Waals surface area (Å²) in [6, 6.07) is 133. The molecule has 13 nitrogen and oxygen atoms in total. The van der Waals surface area contributed by atoms with E-state index in [1.807, 2.05) is 66.7 Å². The molecule has 0 atom stereocenters. The van der Waals surface area contributed by atoms with E-state index in [0.717, 1.165) is 180 Å². The summed E-state index contributed by atoms with van der Waals surface area (Å²) in [5, 5.41) is 26.9. The molecule has 30 aromatic rings. The van der Waals surface area contributed by atoms with Crippen LogP contribution >= 0.6 is 22.7 Å². The number of para-hydroxylation sites is 5. The molecule has 12 heterocycles. The number of thiophene rings is 2. The second-order valence-electron chi connectivity index (χ2n) is 32.9. The monoisotopic (exact) mass is 1690 g/mol. The Morgan fingerprint density at radius 1 is 0.209 bits per heavy atom. The fraction of sp³-hybridized carbons (Fsp3) is 0. The lowest BCUT2D eigenvalue weighted by Crippen LogP contribution is -2.03. The van der Waals surface area contributed by atoms with E-state index in [2.05, 4.69) is 329 Å².